The fourth-order valence-corrected chi connectivity index (χ4v) is 2.57. The molecule has 3 rings (SSSR count). The van der Waals surface area contributed by atoms with E-state index in [-0.39, 0.29) is 6.61 Å². The standard InChI is InChI=1S/C15H9BrCl2N2O2/c16-11-4-2-1-3-10(11)15-20-19-14(22-15)8-21-13-7-9(17)5-6-12(13)18/h1-7H,8H2. The minimum absolute atomic E-state index is 0.109. The summed E-state index contributed by atoms with van der Waals surface area (Å²) >= 11 is 15.4. The summed E-state index contributed by atoms with van der Waals surface area (Å²) in [5.74, 6) is 1.24. The Labute approximate surface area is 145 Å². The molecule has 0 amide bonds. The Kier molecular flexibility index (Phi) is 4.66. The zero-order valence-corrected chi connectivity index (χ0v) is 14.2. The van der Waals surface area contributed by atoms with E-state index < -0.39 is 0 Å². The van der Waals surface area contributed by atoms with E-state index in [4.69, 9.17) is 32.4 Å². The Balaban J connectivity index is 1.75. The van der Waals surface area contributed by atoms with E-state index in [0.717, 1.165) is 10.0 Å². The molecule has 1 heterocycles. The SMILES string of the molecule is Clc1ccc(Cl)c(OCc2nnc(-c3ccccc3Br)o2)c1. The Bertz CT molecular complexity index is 808. The van der Waals surface area contributed by atoms with Gasteiger partial charge in [0.25, 0.3) is 5.89 Å². The van der Waals surface area contributed by atoms with Crippen LogP contribution in [0.3, 0.4) is 0 Å². The second-order valence-corrected chi connectivity index (χ2v) is 6.04. The molecule has 1 aromatic heterocycles. The lowest BCUT2D eigenvalue weighted by molar-refractivity contribution is 0.264. The summed E-state index contributed by atoms with van der Waals surface area (Å²) < 4.78 is 12.0. The number of nitrogens with zero attached hydrogens (tertiary/aromatic N) is 2. The summed E-state index contributed by atoms with van der Waals surface area (Å²) in [7, 11) is 0. The van der Waals surface area contributed by atoms with Crippen LogP contribution in [-0.4, -0.2) is 10.2 Å². The second kappa shape index (κ2) is 6.69. The molecule has 2 aromatic carbocycles. The lowest BCUT2D eigenvalue weighted by Crippen LogP contribution is -1.96. The molecule has 0 saturated carbocycles. The summed E-state index contributed by atoms with van der Waals surface area (Å²) in [6.45, 7) is 0.109. The lowest BCUT2D eigenvalue weighted by Gasteiger charge is -2.05. The molecule has 4 nitrogen and oxygen atoms in total. The van der Waals surface area contributed by atoms with Gasteiger partial charge in [-0.1, -0.05) is 35.3 Å². The summed E-state index contributed by atoms with van der Waals surface area (Å²) in [5.41, 5.74) is 0.821. The number of ether oxygens (including phenoxy) is 1. The highest BCUT2D eigenvalue weighted by Crippen LogP contribution is 2.29. The van der Waals surface area contributed by atoms with E-state index in [9.17, 15) is 0 Å². The fraction of sp³-hybridized carbons (Fsp3) is 0.0667. The zero-order valence-electron chi connectivity index (χ0n) is 11.1. The van der Waals surface area contributed by atoms with Gasteiger partial charge in [-0.3, -0.25) is 0 Å². The molecule has 0 saturated heterocycles. The third-order valence-corrected chi connectivity index (χ3v) is 4.05. The summed E-state index contributed by atoms with van der Waals surface area (Å²) in [6, 6.07) is 12.6. The van der Waals surface area contributed by atoms with Crippen molar-refractivity contribution in [2.24, 2.45) is 0 Å². The molecule has 7 heteroatoms. The number of rotatable bonds is 4. The van der Waals surface area contributed by atoms with Crippen LogP contribution in [0, 0.1) is 0 Å². The van der Waals surface area contributed by atoms with Crippen LogP contribution >= 0.6 is 39.1 Å². The second-order valence-electron chi connectivity index (χ2n) is 4.34. The van der Waals surface area contributed by atoms with Gasteiger partial charge < -0.3 is 9.15 Å². The molecule has 0 fully saturated rings. The van der Waals surface area contributed by atoms with Crippen molar-refractivity contribution >= 4 is 39.1 Å². The van der Waals surface area contributed by atoms with Crippen LogP contribution < -0.4 is 4.74 Å². The summed E-state index contributed by atoms with van der Waals surface area (Å²) in [4.78, 5) is 0. The van der Waals surface area contributed by atoms with Crippen LogP contribution in [0.2, 0.25) is 10.0 Å². The number of hydrogen-bond donors (Lipinski definition) is 0. The van der Waals surface area contributed by atoms with Crippen molar-refractivity contribution in [1.29, 1.82) is 0 Å². The van der Waals surface area contributed by atoms with Gasteiger partial charge in [-0.15, -0.1) is 10.2 Å². The van der Waals surface area contributed by atoms with Crippen molar-refractivity contribution in [2.75, 3.05) is 0 Å². The smallest absolute Gasteiger partial charge is 0.254 e. The topological polar surface area (TPSA) is 48.2 Å². The van der Waals surface area contributed by atoms with E-state index in [1.54, 1.807) is 18.2 Å². The molecule has 22 heavy (non-hydrogen) atoms. The van der Waals surface area contributed by atoms with Crippen LogP contribution in [0.1, 0.15) is 5.89 Å². The Morgan fingerprint density at radius 3 is 2.73 bits per heavy atom. The minimum atomic E-state index is 0.109. The third kappa shape index (κ3) is 3.43. The molecule has 0 atom stereocenters. The highest BCUT2D eigenvalue weighted by molar-refractivity contribution is 9.10. The highest BCUT2D eigenvalue weighted by Gasteiger charge is 2.12. The summed E-state index contributed by atoms with van der Waals surface area (Å²) in [5, 5.41) is 8.98. The highest BCUT2D eigenvalue weighted by atomic mass is 79.9. The first-order valence-electron chi connectivity index (χ1n) is 6.28. The van der Waals surface area contributed by atoms with Crippen molar-refractivity contribution in [3.63, 3.8) is 0 Å². The van der Waals surface area contributed by atoms with Gasteiger partial charge in [-0.25, -0.2) is 0 Å². The van der Waals surface area contributed by atoms with Crippen LogP contribution in [0.4, 0.5) is 0 Å². The molecule has 0 unspecified atom stereocenters. The van der Waals surface area contributed by atoms with Crippen molar-refractivity contribution in [2.45, 2.75) is 6.61 Å². The molecule has 0 aliphatic heterocycles. The maximum absolute atomic E-state index is 6.03. The van der Waals surface area contributed by atoms with Gasteiger partial charge in [0, 0.05) is 15.6 Å². The Morgan fingerprint density at radius 1 is 1.09 bits per heavy atom. The Hall–Kier alpha value is -1.56. The number of halogens is 3. The van der Waals surface area contributed by atoms with Gasteiger partial charge >= 0.3 is 0 Å². The fourth-order valence-electron chi connectivity index (χ4n) is 1.78. The maximum atomic E-state index is 6.03. The summed E-state index contributed by atoms with van der Waals surface area (Å²) in [6.07, 6.45) is 0. The molecular weight excluding hydrogens is 391 g/mol. The monoisotopic (exact) mass is 398 g/mol. The van der Waals surface area contributed by atoms with E-state index in [2.05, 4.69) is 26.1 Å². The van der Waals surface area contributed by atoms with Crippen molar-refractivity contribution in [3.8, 4) is 17.2 Å². The van der Waals surface area contributed by atoms with Crippen LogP contribution in [0.5, 0.6) is 5.75 Å². The normalized spacial score (nSPS) is 10.7. The molecule has 0 N–H and O–H groups in total. The predicted octanol–water partition coefficient (Wildman–Crippen LogP) is 5.38. The number of hydrogen-bond acceptors (Lipinski definition) is 4. The van der Waals surface area contributed by atoms with Gasteiger partial charge in [0.1, 0.15) is 5.75 Å². The first-order valence-corrected chi connectivity index (χ1v) is 7.83. The number of aromatic nitrogens is 2. The van der Waals surface area contributed by atoms with Crippen LogP contribution in [0.25, 0.3) is 11.5 Å². The van der Waals surface area contributed by atoms with Crippen LogP contribution in [0.15, 0.2) is 51.4 Å². The largest absolute Gasteiger partial charge is 0.482 e. The molecule has 0 aliphatic rings. The number of benzene rings is 2. The molecule has 112 valence electrons. The van der Waals surface area contributed by atoms with E-state index in [1.807, 2.05) is 24.3 Å². The molecule has 0 radical (unpaired) electrons. The quantitative estimate of drug-likeness (QED) is 0.590. The van der Waals surface area contributed by atoms with Crippen molar-refractivity contribution in [3.05, 3.63) is 62.9 Å². The van der Waals surface area contributed by atoms with Gasteiger partial charge in [0.05, 0.1) is 10.6 Å². The average Bonchev–Trinajstić information content (AvgIpc) is 2.97. The minimum Gasteiger partial charge on any atom is -0.482 e. The third-order valence-electron chi connectivity index (χ3n) is 2.82. The van der Waals surface area contributed by atoms with E-state index in [1.165, 1.54) is 0 Å². The van der Waals surface area contributed by atoms with Gasteiger partial charge in [0.2, 0.25) is 5.89 Å². The Morgan fingerprint density at radius 2 is 1.91 bits per heavy atom. The molecule has 3 aromatic rings. The van der Waals surface area contributed by atoms with Crippen molar-refractivity contribution < 1.29 is 9.15 Å². The zero-order chi connectivity index (χ0) is 15.5. The van der Waals surface area contributed by atoms with Crippen molar-refractivity contribution in [1.82, 2.24) is 10.2 Å². The predicted molar refractivity (Wildman–Crippen MR) is 88.2 cm³/mol. The average molecular weight is 400 g/mol. The molecule has 0 spiro atoms. The van der Waals surface area contributed by atoms with E-state index >= 15 is 0 Å². The maximum Gasteiger partial charge on any atom is 0.254 e. The first-order chi connectivity index (χ1) is 10.6. The first kappa shape index (κ1) is 15.3. The van der Waals surface area contributed by atoms with Gasteiger partial charge in [-0.2, -0.15) is 0 Å². The van der Waals surface area contributed by atoms with E-state index in [0.29, 0.717) is 27.6 Å². The van der Waals surface area contributed by atoms with Gasteiger partial charge in [-0.05, 0) is 40.2 Å². The van der Waals surface area contributed by atoms with Crippen LogP contribution in [-0.2, 0) is 6.61 Å². The van der Waals surface area contributed by atoms with Gasteiger partial charge in [0.15, 0.2) is 6.61 Å². The lowest BCUT2D eigenvalue weighted by atomic mass is 10.2. The molecule has 0 aliphatic carbocycles. The molecule has 0 bridgehead atoms. The molecular formula is C15H9BrCl2N2O2.